The maximum atomic E-state index is 5.71. The zero-order valence-electron chi connectivity index (χ0n) is 12.1. The van der Waals surface area contributed by atoms with E-state index in [0.717, 1.165) is 28.6 Å². The topological polar surface area (TPSA) is 40.6 Å². The number of aromatic nitrogens is 1. The van der Waals surface area contributed by atoms with Gasteiger partial charge in [0.25, 0.3) is 0 Å². The molecule has 0 aliphatic carbocycles. The van der Waals surface area contributed by atoms with E-state index >= 15 is 0 Å². The third-order valence-electron chi connectivity index (χ3n) is 2.87. The van der Waals surface area contributed by atoms with Crippen LogP contribution in [0.15, 0.2) is 36.4 Å². The summed E-state index contributed by atoms with van der Waals surface area (Å²) in [7, 11) is 1.64. The van der Waals surface area contributed by atoms with Crippen molar-refractivity contribution < 1.29 is 14.2 Å². The Balaban J connectivity index is 1.81. The highest BCUT2D eigenvalue weighted by Gasteiger charge is 2.04. The molecule has 0 saturated heterocycles. The number of methoxy groups -OCH3 is 1. The van der Waals surface area contributed by atoms with Gasteiger partial charge in [0.2, 0.25) is 0 Å². The number of ether oxygens (including phenoxy) is 3. The van der Waals surface area contributed by atoms with Crippen molar-refractivity contribution in [2.24, 2.45) is 0 Å². The second-order valence-corrected chi connectivity index (χ2v) is 4.96. The van der Waals surface area contributed by atoms with E-state index in [1.165, 1.54) is 0 Å². The van der Waals surface area contributed by atoms with Crippen LogP contribution in [0, 0.1) is 6.92 Å². The average molecular weight is 352 g/mol. The van der Waals surface area contributed by atoms with Gasteiger partial charge in [-0.3, -0.25) is 4.98 Å². The number of halogens is 1. The molecule has 2 rings (SSSR count). The lowest BCUT2D eigenvalue weighted by molar-refractivity contribution is 0.215. The van der Waals surface area contributed by atoms with Crippen LogP contribution in [0.1, 0.15) is 11.4 Å². The van der Waals surface area contributed by atoms with Crippen molar-refractivity contribution in [2.45, 2.75) is 12.3 Å². The van der Waals surface area contributed by atoms with Crippen LogP contribution >= 0.6 is 15.9 Å². The second-order valence-electron chi connectivity index (χ2n) is 4.40. The van der Waals surface area contributed by atoms with Gasteiger partial charge >= 0.3 is 0 Å². The van der Waals surface area contributed by atoms with E-state index in [1.54, 1.807) is 7.11 Å². The van der Waals surface area contributed by atoms with Gasteiger partial charge in [-0.1, -0.05) is 15.9 Å². The van der Waals surface area contributed by atoms with E-state index in [-0.39, 0.29) is 0 Å². The Morgan fingerprint density at radius 1 is 0.952 bits per heavy atom. The summed E-state index contributed by atoms with van der Waals surface area (Å²) in [5, 5.41) is 0.670. The Morgan fingerprint density at radius 3 is 2.29 bits per heavy atom. The van der Waals surface area contributed by atoms with Crippen molar-refractivity contribution in [3.8, 4) is 17.2 Å². The fraction of sp³-hybridized carbons (Fsp3) is 0.312. The number of nitrogens with zero attached hydrogens (tertiary/aromatic N) is 1. The third kappa shape index (κ3) is 4.63. The normalized spacial score (nSPS) is 10.2. The lowest BCUT2D eigenvalue weighted by Crippen LogP contribution is -2.10. The van der Waals surface area contributed by atoms with Crippen LogP contribution in [-0.2, 0) is 5.33 Å². The van der Waals surface area contributed by atoms with Crippen molar-refractivity contribution in [2.75, 3.05) is 20.3 Å². The molecule has 0 unspecified atom stereocenters. The molecule has 4 nitrogen and oxygen atoms in total. The molecule has 1 heterocycles. The minimum Gasteiger partial charge on any atom is -0.497 e. The number of aryl methyl sites for hydroxylation is 1. The van der Waals surface area contributed by atoms with Gasteiger partial charge in [0, 0.05) is 11.0 Å². The quantitative estimate of drug-likeness (QED) is 0.562. The van der Waals surface area contributed by atoms with Crippen molar-refractivity contribution >= 4 is 15.9 Å². The van der Waals surface area contributed by atoms with Crippen LogP contribution in [-0.4, -0.2) is 25.3 Å². The number of rotatable bonds is 7. The van der Waals surface area contributed by atoms with E-state index in [2.05, 4.69) is 20.9 Å². The first-order valence-electron chi connectivity index (χ1n) is 6.65. The molecule has 1 aromatic carbocycles. The first kappa shape index (κ1) is 15.6. The Morgan fingerprint density at radius 2 is 1.62 bits per heavy atom. The van der Waals surface area contributed by atoms with E-state index in [9.17, 15) is 0 Å². The first-order chi connectivity index (χ1) is 10.2. The molecule has 0 saturated carbocycles. The Hall–Kier alpha value is -1.75. The molecule has 0 radical (unpaired) electrons. The van der Waals surface area contributed by atoms with E-state index in [1.807, 2.05) is 43.3 Å². The lowest BCUT2D eigenvalue weighted by Gasteiger charge is -2.11. The minimum absolute atomic E-state index is 0.469. The van der Waals surface area contributed by atoms with Gasteiger partial charge in [0.05, 0.1) is 12.8 Å². The monoisotopic (exact) mass is 351 g/mol. The van der Waals surface area contributed by atoms with Gasteiger partial charge in [-0.2, -0.15) is 0 Å². The van der Waals surface area contributed by atoms with Gasteiger partial charge < -0.3 is 14.2 Å². The van der Waals surface area contributed by atoms with E-state index < -0.39 is 0 Å². The fourth-order valence-electron chi connectivity index (χ4n) is 1.81. The van der Waals surface area contributed by atoms with E-state index in [4.69, 9.17) is 14.2 Å². The van der Waals surface area contributed by atoms with Crippen LogP contribution < -0.4 is 14.2 Å². The van der Waals surface area contributed by atoms with Crippen LogP contribution in [0.3, 0.4) is 0 Å². The third-order valence-corrected chi connectivity index (χ3v) is 3.40. The number of pyridine rings is 1. The average Bonchev–Trinajstić information content (AvgIpc) is 2.53. The minimum atomic E-state index is 0.469. The summed E-state index contributed by atoms with van der Waals surface area (Å²) in [6, 6.07) is 11.3. The van der Waals surface area contributed by atoms with Gasteiger partial charge in [-0.15, -0.1) is 0 Å². The smallest absolute Gasteiger partial charge is 0.141 e. The number of hydrogen-bond donors (Lipinski definition) is 0. The first-order valence-corrected chi connectivity index (χ1v) is 7.77. The van der Waals surface area contributed by atoms with E-state index in [0.29, 0.717) is 18.5 Å². The van der Waals surface area contributed by atoms with Crippen molar-refractivity contribution in [1.82, 2.24) is 4.98 Å². The molecule has 21 heavy (non-hydrogen) atoms. The zero-order chi connectivity index (χ0) is 15.1. The highest BCUT2D eigenvalue weighted by Crippen LogP contribution is 2.20. The molecule has 0 bridgehead atoms. The molecule has 0 N–H and O–H groups in total. The molecule has 0 aliphatic heterocycles. The molecule has 112 valence electrons. The summed E-state index contributed by atoms with van der Waals surface area (Å²) in [6.45, 7) is 2.90. The Bertz CT molecular complexity index is 572. The molecule has 1 aromatic heterocycles. The Kier molecular flexibility index (Phi) is 5.87. The summed E-state index contributed by atoms with van der Waals surface area (Å²) >= 11 is 3.42. The predicted octanol–water partition coefficient (Wildman–Crippen LogP) is 3.75. The molecule has 0 amide bonds. The molecule has 0 atom stereocenters. The molecular formula is C16H18BrNO3. The van der Waals surface area contributed by atoms with Gasteiger partial charge in [-0.05, 0) is 43.3 Å². The highest BCUT2D eigenvalue weighted by atomic mass is 79.9. The number of hydrogen-bond acceptors (Lipinski definition) is 4. The van der Waals surface area contributed by atoms with Crippen LogP contribution in [0.2, 0.25) is 0 Å². The zero-order valence-corrected chi connectivity index (χ0v) is 13.7. The maximum absolute atomic E-state index is 5.71. The van der Waals surface area contributed by atoms with Crippen molar-refractivity contribution in [1.29, 1.82) is 0 Å². The summed E-state index contributed by atoms with van der Waals surface area (Å²) < 4.78 is 16.4. The summed E-state index contributed by atoms with van der Waals surface area (Å²) in [5.41, 5.74) is 1.88. The highest BCUT2D eigenvalue weighted by molar-refractivity contribution is 9.08. The number of alkyl halides is 1. The van der Waals surface area contributed by atoms with Crippen LogP contribution in [0.4, 0.5) is 0 Å². The summed E-state index contributed by atoms with van der Waals surface area (Å²) in [4.78, 5) is 4.42. The molecular weight excluding hydrogens is 334 g/mol. The Labute approximate surface area is 133 Å². The molecule has 0 fully saturated rings. The largest absolute Gasteiger partial charge is 0.497 e. The molecule has 2 aromatic rings. The number of benzene rings is 1. The van der Waals surface area contributed by atoms with Crippen LogP contribution in [0.25, 0.3) is 0 Å². The van der Waals surface area contributed by atoms with Gasteiger partial charge in [0.15, 0.2) is 0 Å². The van der Waals surface area contributed by atoms with Gasteiger partial charge in [-0.25, -0.2) is 0 Å². The second kappa shape index (κ2) is 7.88. The molecule has 5 heteroatoms. The standard InChI is InChI=1S/C16H18BrNO3/c1-12-3-8-16(15(11-17)18-12)21-10-9-20-14-6-4-13(19-2)5-7-14/h3-8H,9-11H2,1-2H3. The SMILES string of the molecule is COc1ccc(OCCOc2ccc(C)nc2CBr)cc1. The summed E-state index contributed by atoms with van der Waals surface area (Å²) in [5.74, 6) is 2.39. The predicted molar refractivity (Wildman–Crippen MR) is 85.6 cm³/mol. The van der Waals surface area contributed by atoms with Crippen molar-refractivity contribution in [3.63, 3.8) is 0 Å². The van der Waals surface area contributed by atoms with Gasteiger partial charge in [0.1, 0.15) is 30.5 Å². The lowest BCUT2D eigenvalue weighted by atomic mass is 10.3. The molecule has 0 aliphatic rings. The molecule has 0 spiro atoms. The van der Waals surface area contributed by atoms with Crippen LogP contribution in [0.5, 0.6) is 17.2 Å². The fourth-order valence-corrected chi connectivity index (χ4v) is 2.21. The summed E-state index contributed by atoms with van der Waals surface area (Å²) in [6.07, 6.45) is 0. The van der Waals surface area contributed by atoms with Crippen molar-refractivity contribution in [3.05, 3.63) is 47.8 Å². The maximum Gasteiger partial charge on any atom is 0.141 e.